The molecule has 0 aliphatic heterocycles. The highest BCUT2D eigenvalue weighted by Gasteiger charge is 2.13. The van der Waals surface area contributed by atoms with Crippen molar-refractivity contribution < 1.29 is 4.79 Å². The third-order valence-corrected chi connectivity index (χ3v) is 4.78. The molecule has 0 atom stereocenters. The molecule has 0 unspecified atom stereocenters. The van der Waals surface area contributed by atoms with Crippen LogP contribution in [0.4, 0.5) is 10.6 Å². The van der Waals surface area contributed by atoms with Crippen LogP contribution in [0.25, 0.3) is 16.6 Å². The molecule has 7 heteroatoms. The molecule has 2 amide bonds. The molecule has 0 aliphatic carbocycles. The Morgan fingerprint density at radius 3 is 2.59 bits per heavy atom. The summed E-state index contributed by atoms with van der Waals surface area (Å²) in [7, 11) is 0. The molecular weight excluding hydrogens is 402 g/mol. The van der Waals surface area contributed by atoms with Crippen LogP contribution in [-0.4, -0.2) is 22.1 Å². The molecule has 7 nitrogen and oxygen atoms in total. The fourth-order valence-corrected chi connectivity index (χ4v) is 3.40. The molecule has 0 bridgehead atoms. The van der Waals surface area contributed by atoms with Crippen molar-refractivity contribution in [2.45, 2.75) is 33.7 Å². The Labute approximate surface area is 187 Å². The lowest BCUT2D eigenvalue weighted by Gasteiger charge is -2.19. The van der Waals surface area contributed by atoms with E-state index < -0.39 is 0 Å². The van der Waals surface area contributed by atoms with Gasteiger partial charge in [-0.05, 0) is 44.5 Å². The molecule has 2 aromatic heterocycles. The second-order valence-electron chi connectivity index (χ2n) is 7.16. The van der Waals surface area contributed by atoms with Gasteiger partial charge in [0.15, 0.2) is 5.43 Å². The number of urea groups is 1. The van der Waals surface area contributed by atoms with E-state index in [1.54, 1.807) is 12.3 Å². The maximum Gasteiger partial charge on any atom is 0.315 e. The monoisotopic (exact) mass is 431 g/mol. The average Bonchev–Trinajstić information content (AvgIpc) is 2.79. The van der Waals surface area contributed by atoms with Crippen molar-refractivity contribution in [1.29, 1.82) is 0 Å². The van der Waals surface area contributed by atoms with E-state index in [-0.39, 0.29) is 18.0 Å². The highest BCUT2D eigenvalue weighted by atomic mass is 16.2. The second-order valence-corrected chi connectivity index (χ2v) is 7.16. The molecule has 2 heterocycles. The van der Waals surface area contributed by atoms with Crippen molar-refractivity contribution in [1.82, 2.24) is 20.2 Å². The number of amides is 2. The van der Waals surface area contributed by atoms with E-state index in [0.717, 1.165) is 17.8 Å². The number of pyridine rings is 2. The van der Waals surface area contributed by atoms with Crippen LogP contribution < -0.4 is 21.4 Å². The first-order valence-electron chi connectivity index (χ1n) is 10.8. The topological polar surface area (TPSA) is 88.1 Å². The van der Waals surface area contributed by atoms with Gasteiger partial charge in [-0.25, -0.2) is 4.79 Å². The number of carbonyl (C=O) groups excluding carboxylic acids is 1. The van der Waals surface area contributed by atoms with Crippen molar-refractivity contribution in [3.63, 3.8) is 0 Å². The number of hydrogen-bond donors (Lipinski definition) is 3. The highest BCUT2D eigenvalue weighted by Crippen LogP contribution is 2.24. The molecule has 1 aromatic carbocycles. The summed E-state index contributed by atoms with van der Waals surface area (Å²) < 4.78 is 2.00. The Balaban J connectivity index is 2.16. The molecule has 3 rings (SSSR count). The van der Waals surface area contributed by atoms with Gasteiger partial charge >= 0.3 is 6.03 Å². The molecule has 0 fully saturated rings. The second kappa shape index (κ2) is 10.9. The molecule has 3 aromatic rings. The van der Waals surface area contributed by atoms with Crippen molar-refractivity contribution >= 4 is 22.8 Å². The minimum atomic E-state index is -0.258. The van der Waals surface area contributed by atoms with Crippen molar-refractivity contribution in [3.05, 3.63) is 88.5 Å². The Bertz CT molecular complexity index is 1200. The molecule has 0 saturated heterocycles. The van der Waals surface area contributed by atoms with Crippen LogP contribution in [0, 0.1) is 0 Å². The highest BCUT2D eigenvalue weighted by molar-refractivity contribution is 5.83. The number of hydrogen-bond acceptors (Lipinski definition) is 4. The van der Waals surface area contributed by atoms with Crippen LogP contribution in [0.5, 0.6) is 0 Å². The zero-order valence-electron chi connectivity index (χ0n) is 18.7. The maximum atomic E-state index is 12.9. The zero-order chi connectivity index (χ0) is 22.9. The lowest BCUT2D eigenvalue weighted by atomic mass is 10.2. The first kappa shape index (κ1) is 22.8. The number of rotatable bonds is 8. The Morgan fingerprint density at radius 2 is 1.91 bits per heavy atom. The summed E-state index contributed by atoms with van der Waals surface area (Å²) in [5, 5.41) is 9.40. The van der Waals surface area contributed by atoms with Gasteiger partial charge in [0.2, 0.25) is 0 Å². The molecule has 32 heavy (non-hydrogen) atoms. The molecular formula is C25H29N5O2. The summed E-state index contributed by atoms with van der Waals surface area (Å²) in [6, 6.07) is 13.0. The standard InChI is InChI=1S/C25H29N5O2/c1-4-10-18(11-5-2)29-24-15-23(31)21-17-27-19(16-28-25(32)26-6-3)14-22(21)30(24)20-12-8-7-9-13-20/h4,7-15,17,29H,5-6,16H2,1-3H3,(H2,26,28,32)/b10-4-,18-11+. The van der Waals surface area contributed by atoms with Crippen molar-refractivity contribution in [3.8, 4) is 5.69 Å². The van der Waals surface area contributed by atoms with Gasteiger partial charge in [0.1, 0.15) is 5.82 Å². The Kier molecular flexibility index (Phi) is 7.80. The fourth-order valence-electron chi connectivity index (χ4n) is 3.40. The quantitative estimate of drug-likeness (QED) is 0.459. The summed E-state index contributed by atoms with van der Waals surface area (Å²) in [6.45, 7) is 6.67. The van der Waals surface area contributed by atoms with E-state index >= 15 is 0 Å². The summed E-state index contributed by atoms with van der Waals surface area (Å²) in [5.41, 5.74) is 3.06. The number of nitrogens with one attached hydrogen (secondary N) is 3. The van der Waals surface area contributed by atoms with Gasteiger partial charge in [-0.15, -0.1) is 0 Å². The lowest BCUT2D eigenvalue weighted by molar-refractivity contribution is 0.241. The number of allylic oxidation sites excluding steroid dienone is 3. The van der Waals surface area contributed by atoms with Gasteiger partial charge in [-0.1, -0.05) is 37.3 Å². The van der Waals surface area contributed by atoms with Crippen LogP contribution in [0.3, 0.4) is 0 Å². The van der Waals surface area contributed by atoms with Crippen LogP contribution in [0.15, 0.2) is 77.4 Å². The summed E-state index contributed by atoms with van der Waals surface area (Å²) in [5.74, 6) is 0.653. The number of para-hydroxylation sites is 1. The minimum Gasteiger partial charge on any atom is -0.342 e. The Morgan fingerprint density at radius 1 is 1.12 bits per heavy atom. The van der Waals surface area contributed by atoms with Crippen LogP contribution in [-0.2, 0) is 6.54 Å². The van der Waals surface area contributed by atoms with E-state index in [4.69, 9.17) is 0 Å². The Hall–Kier alpha value is -3.87. The molecule has 3 N–H and O–H groups in total. The first-order valence-corrected chi connectivity index (χ1v) is 10.8. The largest absolute Gasteiger partial charge is 0.342 e. The summed E-state index contributed by atoms with van der Waals surface area (Å²) in [4.78, 5) is 29.1. The third-order valence-electron chi connectivity index (χ3n) is 4.78. The van der Waals surface area contributed by atoms with Gasteiger partial charge in [0, 0.05) is 30.2 Å². The van der Waals surface area contributed by atoms with Crippen LogP contribution in [0.2, 0.25) is 0 Å². The number of fused-ring (bicyclic) bond motifs is 1. The number of carbonyl (C=O) groups is 1. The van der Waals surface area contributed by atoms with Gasteiger partial charge in [-0.2, -0.15) is 0 Å². The summed E-state index contributed by atoms with van der Waals surface area (Å²) in [6.07, 6.45) is 8.43. The average molecular weight is 432 g/mol. The van der Waals surface area contributed by atoms with Gasteiger partial charge in [0.25, 0.3) is 0 Å². The molecule has 0 aliphatic rings. The predicted octanol–water partition coefficient (Wildman–Crippen LogP) is 4.49. The zero-order valence-corrected chi connectivity index (χ0v) is 18.7. The first-order chi connectivity index (χ1) is 15.6. The summed E-state index contributed by atoms with van der Waals surface area (Å²) >= 11 is 0. The van der Waals surface area contributed by atoms with Crippen molar-refractivity contribution in [2.75, 3.05) is 11.9 Å². The number of nitrogens with zero attached hydrogens (tertiary/aromatic N) is 2. The number of aromatic nitrogens is 2. The molecule has 166 valence electrons. The van der Waals surface area contributed by atoms with Gasteiger partial charge < -0.3 is 16.0 Å². The van der Waals surface area contributed by atoms with E-state index in [9.17, 15) is 9.59 Å². The third kappa shape index (κ3) is 5.43. The molecule has 0 radical (unpaired) electrons. The van der Waals surface area contributed by atoms with Crippen LogP contribution in [0.1, 0.15) is 32.9 Å². The smallest absolute Gasteiger partial charge is 0.315 e. The maximum absolute atomic E-state index is 12.9. The van der Waals surface area contributed by atoms with Crippen LogP contribution >= 0.6 is 0 Å². The fraction of sp³-hybridized carbons (Fsp3) is 0.240. The van der Waals surface area contributed by atoms with Gasteiger partial charge in [0.05, 0.1) is 23.1 Å². The molecule has 0 spiro atoms. The molecule has 0 saturated carbocycles. The van der Waals surface area contributed by atoms with E-state index in [1.165, 1.54) is 0 Å². The normalized spacial score (nSPS) is 11.7. The van der Waals surface area contributed by atoms with E-state index in [1.807, 2.05) is 67.0 Å². The number of anilines is 1. The minimum absolute atomic E-state index is 0.123. The van der Waals surface area contributed by atoms with Gasteiger partial charge in [-0.3, -0.25) is 14.3 Å². The number of benzene rings is 1. The van der Waals surface area contributed by atoms with Crippen molar-refractivity contribution in [2.24, 2.45) is 0 Å². The SMILES string of the molecule is C/C=C\C(=C/CC)Nc1cc(=O)c2cnc(CNC(=O)NCC)cc2n1-c1ccccc1. The predicted molar refractivity (Wildman–Crippen MR) is 130 cm³/mol. The van der Waals surface area contributed by atoms with E-state index in [2.05, 4.69) is 33.9 Å². The lowest BCUT2D eigenvalue weighted by Crippen LogP contribution is -2.34. The van der Waals surface area contributed by atoms with E-state index in [0.29, 0.717) is 29.0 Å².